The molecule has 0 aliphatic heterocycles. The molecule has 4 atom stereocenters. The van der Waals surface area contributed by atoms with Crippen LogP contribution in [0.5, 0.6) is 0 Å². The van der Waals surface area contributed by atoms with Gasteiger partial charge >= 0.3 is 11.9 Å². The second-order valence-corrected chi connectivity index (χ2v) is 16.2. The molecule has 0 saturated heterocycles. The number of hydrogen-bond donors (Lipinski definition) is 2. The van der Waals surface area contributed by atoms with E-state index in [0.29, 0.717) is 90.1 Å². The van der Waals surface area contributed by atoms with Crippen molar-refractivity contribution in [3.05, 3.63) is 35.9 Å². The van der Waals surface area contributed by atoms with Crippen LogP contribution >= 0.6 is 0 Å². The molecule has 15 nitrogen and oxygen atoms in total. The summed E-state index contributed by atoms with van der Waals surface area (Å²) in [6, 6.07) is 9.59. The van der Waals surface area contributed by atoms with Crippen LogP contribution in [0.2, 0.25) is 0 Å². The van der Waals surface area contributed by atoms with E-state index in [1.807, 2.05) is 30.3 Å². The summed E-state index contributed by atoms with van der Waals surface area (Å²) in [6.45, 7) is 14.4. The molecule has 1 saturated carbocycles. The number of Topliss-reactive ketones (excluding diaryl/α,β-unsaturated/α-hetero) is 1. The van der Waals surface area contributed by atoms with Crippen LogP contribution < -0.4 is 10.6 Å². The zero-order valence-corrected chi connectivity index (χ0v) is 37.0. The number of hydrogen-bond acceptors (Lipinski definition) is 13. The highest BCUT2D eigenvalue weighted by Crippen LogP contribution is 2.49. The molecular formula is C45H74N2O13. The maximum Gasteiger partial charge on any atom is 0.308 e. The van der Waals surface area contributed by atoms with Gasteiger partial charge in [0.2, 0.25) is 11.8 Å². The molecule has 0 radical (unpaired) electrons. The van der Waals surface area contributed by atoms with Crippen LogP contribution in [0.15, 0.2) is 30.3 Å². The highest BCUT2D eigenvalue weighted by molar-refractivity contribution is 5.82. The minimum Gasteiger partial charge on any atom is -0.461 e. The smallest absolute Gasteiger partial charge is 0.308 e. The van der Waals surface area contributed by atoms with Crippen molar-refractivity contribution in [2.75, 3.05) is 92.4 Å². The molecule has 15 heteroatoms. The Hall–Kier alpha value is -3.47. The van der Waals surface area contributed by atoms with E-state index < -0.39 is 5.60 Å². The molecule has 60 heavy (non-hydrogen) atoms. The molecule has 2 N–H and O–H groups in total. The maximum absolute atomic E-state index is 12.8. The number of ether oxygens (including phenoxy) is 8. The lowest BCUT2D eigenvalue weighted by Gasteiger charge is -2.19. The fourth-order valence-corrected chi connectivity index (χ4v) is 6.49. The van der Waals surface area contributed by atoms with Crippen molar-refractivity contribution in [2.24, 2.45) is 23.7 Å². The molecule has 1 aromatic carbocycles. The zero-order valence-electron chi connectivity index (χ0n) is 37.0. The van der Waals surface area contributed by atoms with E-state index in [1.54, 1.807) is 20.8 Å². The van der Waals surface area contributed by atoms with Crippen LogP contribution in [-0.2, 0) is 68.5 Å². The molecule has 342 valence electrons. The first kappa shape index (κ1) is 52.7. The topological polar surface area (TPSA) is 183 Å². The number of benzene rings is 1. The molecule has 2 amide bonds. The summed E-state index contributed by atoms with van der Waals surface area (Å²) in [4.78, 5) is 60.2. The average Bonchev–Trinajstić information content (AvgIpc) is 3.99. The van der Waals surface area contributed by atoms with Gasteiger partial charge in [0.25, 0.3) is 0 Å². The van der Waals surface area contributed by atoms with E-state index >= 15 is 0 Å². The fourth-order valence-electron chi connectivity index (χ4n) is 6.49. The van der Waals surface area contributed by atoms with Crippen LogP contribution in [0.1, 0.15) is 98.0 Å². The third-order valence-electron chi connectivity index (χ3n) is 9.82. The van der Waals surface area contributed by atoms with Crippen molar-refractivity contribution in [3.8, 4) is 0 Å². The van der Waals surface area contributed by atoms with E-state index in [9.17, 15) is 24.0 Å². The Morgan fingerprint density at radius 2 is 1.28 bits per heavy atom. The monoisotopic (exact) mass is 851 g/mol. The summed E-state index contributed by atoms with van der Waals surface area (Å²) >= 11 is 0. The zero-order chi connectivity index (χ0) is 43.9. The fraction of sp³-hybridized carbons (Fsp3) is 0.756. The number of carbonyl (C=O) groups excluding carboxylic acids is 5. The average molecular weight is 851 g/mol. The molecular weight excluding hydrogens is 776 g/mol. The second-order valence-electron chi connectivity index (χ2n) is 16.2. The first-order valence-electron chi connectivity index (χ1n) is 21.8. The van der Waals surface area contributed by atoms with Crippen molar-refractivity contribution in [3.63, 3.8) is 0 Å². The maximum atomic E-state index is 12.8. The molecule has 0 spiro atoms. The normalized spacial score (nSPS) is 15.8. The third-order valence-corrected chi connectivity index (χ3v) is 9.82. The van der Waals surface area contributed by atoms with E-state index in [2.05, 4.69) is 24.5 Å². The number of amides is 2. The van der Waals surface area contributed by atoms with Crippen LogP contribution in [0.3, 0.4) is 0 Å². The van der Waals surface area contributed by atoms with Crippen molar-refractivity contribution < 1.29 is 61.9 Å². The van der Waals surface area contributed by atoms with Gasteiger partial charge in [0.1, 0.15) is 25.4 Å². The van der Waals surface area contributed by atoms with Crippen LogP contribution in [0.25, 0.3) is 0 Å². The lowest BCUT2D eigenvalue weighted by Crippen LogP contribution is -2.31. The Morgan fingerprint density at radius 3 is 1.93 bits per heavy atom. The van der Waals surface area contributed by atoms with Gasteiger partial charge in [-0.15, -0.1) is 0 Å². The third kappa shape index (κ3) is 28.1. The molecule has 0 heterocycles. The largest absolute Gasteiger partial charge is 0.461 e. The molecule has 0 bridgehead atoms. The summed E-state index contributed by atoms with van der Waals surface area (Å²) < 4.78 is 43.5. The quantitative estimate of drug-likeness (QED) is 0.0675. The summed E-state index contributed by atoms with van der Waals surface area (Å²) in [5.41, 5.74) is 0.426. The van der Waals surface area contributed by atoms with Crippen molar-refractivity contribution in [1.29, 1.82) is 0 Å². The standard InChI is InChI=1S/C45H74N2O13/c1-6-37(30-38-31-39(38)35(2)12-11-20-53-24-25-54-21-17-43(51)59-32-36-13-8-7-9-14-36)40(48)33-57-28-26-56-23-19-47-42(50)34-58-29-27-55-22-18-46-41(49)15-10-16-44(52)60-45(3,4)5/h7-9,13-14,35,37-39H,6,10-12,15-34H2,1-5H3,(H,46,49)(H,47,50). The van der Waals surface area contributed by atoms with Crippen molar-refractivity contribution >= 4 is 29.5 Å². The van der Waals surface area contributed by atoms with Crippen LogP contribution in [-0.4, -0.2) is 128 Å². The van der Waals surface area contributed by atoms with Crippen molar-refractivity contribution in [1.82, 2.24) is 10.6 Å². The number of esters is 2. The van der Waals surface area contributed by atoms with E-state index in [-0.39, 0.29) is 87.8 Å². The second kappa shape index (κ2) is 32.3. The Labute approximate surface area is 357 Å². The lowest BCUT2D eigenvalue weighted by atomic mass is 9.91. The van der Waals surface area contributed by atoms with E-state index in [4.69, 9.17) is 37.9 Å². The summed E-state index contributed by atoms with van der Waals surface area (Å²) in [7, 11) is 0. The molecule has 1 fully saturated rings. The molecule has 1 aliphatic rings. The predicted molar refractivity (Wildman–Crippen MR) is 225 cm³/mol. The minimum atomic E-state index is -0.534. The van der Waals surface area contributed by atoms with E-state index in [1.165, 1.54) is 6.42 Å². The summed E-state index contributed by atoms with van der Waals surface area (Å²) in [6.07, 6.45) is 6.02. The molecule has 1 aliphatic carbocycles. The highest BCUT2D eigenvalue weighted by atomic mass is 16.6. The molecule has 2 rings (SSSR count). The van der Waals surface area contributed by atoms with Gasteiger partial charge in [0, 0.05) is 38.5 Å². The Bertz CT molecular complexity index is 1340. The van der Waals surface area contributed by atoms with Gasteiger partial charge in [-0.2, -0.15) is 0 Å². The first-order chi connectivity index (χ1) is 28.9. The van der Waals surface area contributed by atoms with E-state index in [0.717, 1.165) is 31.2 Å². The Balaban J connectivity index is 1.34. The number of ketones is 1. The number of rotatable bonds is 37. The van der Waals surface area contributed by atoms with Gasteiger partial charge < -0.3 is 48.5 Å². The summed E-state index contributed by atoms with van der Waals surface area (Å²) in [5, 5.41) is 5.45. The number of nitrogens with one attached hydrogen (secondary N) is 2. The van der Waals surface area contributed by atoms with Crippen molar-refractivity contribution in [2.45, 2.75) is 105 Å². The van der Waals surface area contributed by atoms with Gasteiger partial charge in [0.15, 0.2) is 5.78 Å². The predicted octanol–water partition coefficient (Wildman–Crippen LogP) is 5.00. The minimum absolute atomic E-state index is 0.00780. The molecule has 1 aromatic rings. The summed E-state index contributed by atoms with van der Waals surface area (Å²) in [5.74, 6) is 0.963. The van der Waals surface area contributed by atoms with Gasteiger partial charge in [-0.3, -0.25) is 24.0 Å². The van der Waals surface area contributed by atoms with Crippen LogP contribution in [0.4, 0.5) is 0 Å². The highest BCUT2D eigenvalue weighted by Gasteiger charge is 2.42. The molecule has 0 aromatic heterocycles. The molecule has 4 unspecified atom stereocenters. The number of carbonyl (C=O) groups is 5. The lowest BCUT2D eigenvalue weighted by molar-refractivity contribution is -0.155. The Kier molecular flexibility index (Phi) is 28.3. The van der Waals surface area contributed by atoms with Gasteiger partial charge in [-0.05, 0) is 82.6 Å². The Morgan fingerprint density at radius 1 is 0.683 bits per heavy atom. The van der Waals surface area contributed by atoms with Gasteiger partial charge in [-0.1, -0.05) is 44.2 Å². The van der Waals surface area contributed by atoms with Gasteiger partial charge in [0.05, 0.1) is 65.9 Å². The first-order valence-corrected chi connectivity index (χ1v) is 21.8. The van der Waals surface area contributed by atoms with Crippen LogP contribution in [0, 0.1) is 23.7 Å². The SMILES string of the molecule is CCC(CC1CC1C(C)CCCOCCOCCC(=O)OCc1ccccc1)C(=O)COCCOCCNC(=O)COCCOCCNC(=O)CCCC(=O)OC(C)(C)C. The van der Waals surface area contributed by atoms with Gasteiger partial charge in [-0.25, -0.2) is 0 Å².